The van der Waals surface area contributed by atoms with Crippen LogP contribution in [-0.2, 0) is 4.79 Å². The molecule has 16 heavy (non-hydrogen) atoms. The van der Waals surface area contributed by atoms with E-state index < -0.39 is 0 Å². The largest absolute Gasteiger partial charge is 0.343 e. The molecule has 1 aliphatic rings. The standard InChI is InChI=1S/C13H26N2O/c1-11(9-10-14)13(16)15(2)12-7-5-3-4-6-8-12/h11-12H,3-10,14H2,1-2H3. The second kappa shape index (κ2) is 6.89. The highest BCUT2D eigenvalue weighted by molar-refractivity contribution is 5.78. The van der Waals surface area contributed by atoms with Crippen LogP contribution in [0.4, 0.5) is 0 Å². The molecule has 0 aromatic rings. The van der Waals surface area contributed by atoms with Gasteiger partial charge in [-0.05, 0) is 25.8 Å². The van der Waals surface area contributed by atoms with Crippen LogP contribution in [0.15, 0.2) is 0 Å². The Morgan fingerprint density at radius 1 is 1.31 bits per heavy atom. The number of nitrogens with two attached hydrogens (primary N) is 1. The van der Waals surface area contributed by atoms with Gasteiger partial charge in [0.2, 0.25) is 5.91 Å². The quantitative estimate of drug-likeness (QED) is 0.747. The maximum absolute atomic E-state index is 12.1. The van der Waals surface area contributed by atoms with Crippen LogP contribution in [0.5, 0.6) is 0 Å². The summed E-state index contributed by atoms with van der Waals surface area (Å²) in [5, 5.41) is 0. The van der Waals surface area contributed by atoms with Crippen LogP contribution in [0.2, 0.25) is 0 Å². The number of carbonyl (C=O) groups excluding carboxylic acids is 1. The number of rotatable bonds is 4. The Bertz CT molecular complexity index is 210. The van der Waals surface area contributed by atoms with E-state index in [1.807, 2.05) is 18.9 Å². The predicted octanol–water partition coefficient (Wildman–Crippen LogP) is 2.15. The van der Waals surface area contributed by atoms with E-state index in [-0.39, 0.29) is 11.8 Å². The number of carbonyl (C=O) groups is 1. The molecule has 0 aromatic carbocycles. The Balaban J connectivity index is 2.47. The number of hydrogen-bond acceptors (Lipinski definition) is 2. The third kappa shape index (κ3) is 3.78. The Labute approximate surface area is 99.4 Å². The molecule has 0 bridgehead atoms. The van der Waals surface area contributed by atoms with Gasteiger partial charge in [0.1, 0.15) is 0 Å². The van der Waals surface area contributed by atoms with Crippen molar-refractivity contribution in [2.24, 2.45) is 11.7 Å². The lowest BCUT2D eigenvalue weighted by Crippen LogP contribution is -2.40. The van der Waals surface area contributed by atoms with E-state index >= 15 is 0 Å². The van der Waals surface area contributed by atoms with Crippen LogP contribution >= 0.6 is 0 Å². The van der Waals surface area contributed by atoms with Crippen molar-refractivity contribution in [1.29, 1.82) is 0 Å². The lowest BCUT2D eigenvalue weighted by atomic mass is 10.0. The van der Waals surface area contributed by atoms with E-state index in [0.29, 0.717) is 12.6 Å². The lowest BCUT2D eigenvalue weighted by molar-refractivity contribution is -0.136. The zero-order valence-corrected chi connectivity index (χ0v) is 10.7. The van der Waals surface area contributed by atoms with E-state index in [4.69, 9.17) is 5.73 Å². The summed E-state index contributed by atoms with van der Waals surface area (Å²) in [5.74, 6) is 0.357. The van der Waals surface area contributed by atoms with Crippen molar-refractivity contribution in [1.82, 2.24) is 4.90 Å². The molecule has 3 heteroatoms. The van der Waals surface area contributed by atoms with E-state index in [0.717, 1.165) is 6.42 Å². The molecule has 1 fully saturated rings. The first-order valence-corrected chi connectivity index (χ1v) is 6.63. The first-order chi connectivity index (χ1) is 7.66. The first kappa shape index (κ1) is 13.5. The average Bonchev–Trinajstić information content (AvgIpc) is 2.56. The molecule has 94 valence electrons. The summed E-state index contributed by atoms with van der Waals surface area (Å²) in [7, 11) is 1.96. The molecular weight excluding hydrogens is 200 g/mol. The van der Waals surface area contributed by atoms with Crippen molar-refractivity contribution in [2.45, 2.75) is 57.9 Å². The van der Waals surface area contributed by atoms with Gasteiger partial charge in [-0.2, -0.15) is 0 Å². The van der Waals surface area contributed by atoms with Crippen molar-refractivity contribution >= 4 is 5.91 Å². The zero-order chi connectivity index (χ0) is 12.0. The molecule has 3 nitrogen and oxygen atoms in total. The summed E-state index contributed by atoms with van der Waals surface area (Å²) in [6, 6.07) is 0.468. The summed E-state index contributed by atoms with van der Waals surface area (Å²) in [4.78, 5) is 14.1. The molecule has 2 N–H and O–H groups in total. The van der Waals surface area contributed by atoms with Gasteiger partial charge >= 0.3 is 0 Å². The van der Waals surface area contributed by atoms with Gasteiger partial charge in [0.05, 0.1) is 0 Å². The van der Waals surface area contributed by atoms with Gasteiger partial charge in [0.25, 0.3) is 0 Å². The SMILES string of the molecule is CC(CCN)C(=O)N(C)C1CCCCCC1. The Morgan fingerprint density at radius 3 is 2.38 bits per heavy atom. The molecule has 0 spiro atoms. The van der Waals surface area contributed by atoms with Crippen LogP contribution in [0, 0.1) is 5.92 Å². The molecule has 1 amide bonds. The van der Waals surface area contributed by atoms with Crippen molar-refractivity contribution in [2.75, 3.05) is 13.6 Å². The van der Waals surface area contributed by atoms with E-state index in [1.54, 1.807) is 0 Å². The summed E-state index contributed by atoms with van der Waals surface area (Å²) in [6.45, 7) is 2.59. The van der Waals surface area contributed by atoms with Gasteiger partial charge in [-0.15, -0.1) is 0 Å². The monoisotopic (exact) mass is 226 g/mol. The van der Waals surface area contributed by atoms with Gasteiger partial charge in [0.15, 0.2) is 0 Å². The molecule has 0 saturated heterocycles. The smallest absolute Gasteiger partial charge is 0.225 e. The lowest BCUT2D eigenvalue weighted by Gasteiger charge is -2.29. The Hall–Kier alpha value is -0.570. The fourth-order valence-corrected chi connectivity index (χ4v) is 2.55. The van der Waals surface area contributed by atoms with Gasteiger partial charge in [0, 0.05) is 19.0 Å². The molecule has 1 atom stereocenters. The topological polar surface area (TPSA) is 46.3 Å². The van der Waals surface area contributed by atoms with Crippen molar-refractivity contribution in [3.05, 3.63) is 0 Å². The van der Waals surface area contributed by atoms with Gasteiger partial charge < -0.3 is 10.6 Å². The second-order valence-corrected chi connectivity index (χ2v) is 5.07. The van der Waals surface area contributed by atoms with Crippen LogP contribution in [0.25, 0.3) is 0 Å². The summed E-state index contributed by atoms with van der Waals surface area (Å²) >= 11 is 0. The average molecular weight is 226 g/mol. The minimum Gasteiger partial charge on any atom is -0.343 e. The molecule has 0 radical (unpaired) electrons. The van der Waals surface area contributed by atoms with Gasteiger partial charge in [-0.25, -0.2) is 0 Å². The van der Waals surface area contributed by atoms with E-state index in [1.165, 1.54) is 38.5 Å². The predicted molar refractivity (Wildman–Crippen MR) is 67.1 cm³/mol. The summed E-state index contributed by atoms with van der Waals surface area (Å²) in [5.41, 5.74) is 5.50. The molecular formula is C13H26N2O. The van der Waals surface area contributed by atoms with Gasteiger partial charge in [-0.1, -0.05) is 32.6 Å². The minimum absolute atomic E-state index is 0.0817. The highest BCUT2D eigenvalue weighted by atomic mass is 16.2. The molecule has 1 aliphatic carbocycles. The molecule has 1 rings (SSSR count). The van der Waals surface area contributed by atoms with Gasteiger partial charge in [-0.3, -0.25) is 4.79 Å². The van der Waals surface area contributed by atoms with E-state index in [9.17, 15) is 4.79 Å². The third-order valence-electron chi connectivity index (χ3n) is 3.74. The summed E-state index contributed by atoms with van der Waals surface area (Å²) < 4.78 is 0. The number of nitrogens with zero attached hydrogens (tertiary/aromatic N) is 1. The maximum Gasteiger partial charge on any atom is 0.225 e. The van der Waals surface area contributed by atoms with Crippen LogP contribution in [0.1, 0.15) is 51.9 Å². The maximum atomic E-state index is 12.1. The second-order valence-electron chi connectivity index (χ2n) is 5.07. The Morgan fingerprint density at radius 2 is 1.88 bits per heavy atom. The molecule has 0 aromatic heterocycles. The number of hydrogen-bond donors (Lipinski definition) is 1. The molecule has 0 heterocycles. The third-order valence-corrected chi connectivity index (χ3v) is 3.74. The fraction of sp³-hybridized carbons (Fsp3) is 0.923. The van der Waals surface area contributed by atoms with Crippen LogP contribution in [0.3, 0.4) is 0 Å². The molecule has 0 aliphatic heterocycles. The number of amides is 1. The minimum atomic E-state index is 0.0817. The van der Waals surface area contributed by atoms with Crippen LogP contribution in [-0.4, -0.2) is 30.4 Å². The fourth-order valence-electron chi connectivity index (χ4n) is 2.55. The summed E-state index contributed by atoms with van der Waals surface area (Å²) in [6.07, 6.45) is 8.36. The highest BCUT2D eigenvalue weighted by Crippen LogP contribution is 2.22. The normalized spacial score (nSPS) is 20.2. The first-order valence-electron chi connectivity index (χ1n) is 6.63. The van der Waals surface area contributed by atoms with Crippen LogP contribution < -0.4 is 5.73 Å². The molecule has 1 unspecified atom stereocenters. The van der Waals surface area contributed by atoms with Crippen molar-refractivity contribution in [3.8, 4) is 0 Å². The molecule has 1 saturated carbocycles. The van der Waals surface area contributed by atoms with E-state index in [2.05, 4.69) is 0 Å². The zero-order valence-electron chi connectivity index (χ0n) is 10.7. The highest BCUT2D eigenvalue weighted by Gasteiger charge is 2.24. The Kier molecular flexibility index (Phi) is 5.81. The van der Waals surface area contributed by atoms with Crippen molar-refractivity contribution < 1.29 is 4.79 Å². The van der Waals surface area contributed by atoms with Crippen molar-refractivity contribution in [3.63, 3.8) is 0 Å².